The van der Waals surface area contributed by atoms with Gasteiger partial charge in [-0.15, -0.1) is 0 Å². The predicted molar refractivity (Wildman–Crippen MR) is 43.8 cm³/mol. The van der Waals surface area contributed by atoms with Crippen LogP contribution in [0.5, 0.6) is 0 Å². The molecule has 0 spiro atoms. The fourth-order valence-electron chi connectivity index (χ4n) is 0.741. The van der Waals surface area contributed by atoms with Crippen molar-refractivity contribution < 1.29 is 9.90 Å². The molecule has 6 heteroatoms. The third-order valence-corrected chi connectivity index (χ3v) is 1.96. The maximum atomic E-state index is 10.5. The largest absolute Gasteiger partial charge is 0.481 e. The summed E-state index contributed by atoms with van der Waals surface area (Å²) in [6.45, 7) is 0. The Hall–Kier alpha value is -1.52. The van der Waals surface area contributed by atoms with Gasteiger partial charge in [-0.25, -0.2) is 0 Å². The van der Waals surface area contributed by atoms with Gasteiger partial charge in [0.15, 0.2) is 6.04 Å². The van der Waals surface area contributed by atoms with Gasteiger partial charge in [0.25, 0.3) is 0 Å². The fraction of sp³-hybridized carbons (Fsp3) is 0.167. The van der Waals surface area contributed by atoms with Gasteiger partial charge in [-0.1, -0.05) is 5.11 Å². The lowest BCUT2D eigenvalue weighted by atomic mass is 10.2. The van der Waals surface area contributed by atoms with Crippen LogP contribution in [0.1, 0.15) is 11.6 Å². The van der Waals surface area contributed by atoms with Gasteiger partial charge in [-0.2, -0.15) is 11.3 Å². The van der Waals surface area contributed by atoms with Crippen molar-refractivity contribution in [3.8, 4) is 0 Å². The summed E-state index contributed by atoms with van der Waals surface area (Å²) in [6, 6.07) is 0.527. The molecule has 1 N–H and O–H groups in total. The number of rotatable bonds is 3. The highest BCUT2D eigenvalue weighted by molar-refractivity contribution is 7.08. The molecule has 5 nitrogen and oxygen atoms in total. The van der Waals surface area contributed by atoms with E-state index in [0.717, 1.165) is 0 Å². The third-order valence-electron chi connectivity index (χ3n) is 1.26. The first kappa shape index (κ1) is 8.58. The maximum Gasteiger partial charge on any atom is 0.317 e. The van der Waals surface area contributed by atoms with E-state index in [4.69, 9.17) is 10.6 Å². The van der Waals surface area contributed by atoms with Gasteiger partial charge >= 0.3 is 5.97 Å². The highest BCUT2D eigenvalue weighted by atomic mass is 32.1. The van der Waals surface area contributed by atoms with Crippen LogP contribution < -0.4 is 0 Å². The second-order valence-electron chi connectivity index (χ2n) is 2.00. The molecular weight excluding hydrogens is 178 g/mol. The molecule has 0 fully saturated rings. The quantitative estimate of drug-likeness (QED) is 0.442. The van der Waals surface area contributed by atoms with E-state index in [1.54, 1.807) is 16.8 Å². The van der Waals surface area contributed by atoms with Crippen molar-refractivity contribution in [2.24, 2.45) is 5.11 Å². The van der Waals surface area contributed by atoms with Gasteiger partial charge in [0.05, 0.1) is 0 Å². The topological polar surface area (TPSA) is 86.1 Å². The van der Waals surface area contributed by atoms with Crippen molar-refractivity contribution in [1.82, 2.24) is 0 Å². The van der Waals surface area contributed by atoms with Crippen molar-refractivity contribution in [2.45, 2.75) is 6.04 Å². The van der Waals surface area contributed by atoms with Crippen LogP contribution in [-0.4, -0.2) is 11.1 Å². The van der Waals surface area contributed by atoms with E-state index in [9.17, 15) is 4.79 Å². The van der Waals surface area contributed by atoms with Gasteiger partial charge in [0, 0.05) is 4.91 Å². The van der Waals surface area contributed by atoms with Crippen molar-refractivity contribution in [1.29, 1.82) is 0 Å². The molecule has 0 saturated heterocycles. The van der Waals surface area contributed by atoms with Crippen LogP contribution in [0.2, 0.25) is 0 Å². The van der Waals surface area contributed by atoms with E-state index >= 15 is 0 Å². The summed E-state index contributed by atoms with van der Waals surface area (Å²) in [6.07, 6.45) is 0. The Morgan fingerprint density at radius 3 is 3.00 bits per heavy atom. The van der Waals surface area contributed by atoms with Crippen molar-refractivity contribution in [2.75, 3.05) is 0 Å². The second kappa shape index (κ2) is 3.75. The van der Waals surface area contributed by atoms with Gasteiger partial charge in [0.2, 0.25) is 0 Å². The van der Waals surface area contributed by atoms with Crippen LogP contribution in [-0.2, 0) is 4.79 Å². The molecule has 0 amide bonds. The number of carbonyl (C=O) groups is 1. The Labute approximate surface area is 71.9 Å². The lowest BCUT2D eigenvalue weighted by Crippen LogP contribution is -2.06. The number of azide groups is 1. The summed E-state index contributed by atoms with van der Waals surface area (Å²) in [5.41, 5.74) is 8.60. The molecule has 1 heterocycles. The normalized spacial score (nSPS) is 11.7. The van der Waals surface area contributed by atoms with Gasteiger partial charge in [-0.05, 0) is 27.9 Å². The Bertz CT molecular complexity index is 314. The Kier molecular flexibility index (Phi) is 2.68. The van der Waals surface area contributed by atoms with Gasteiger partial charge in [0.1, 0.15) is 0 Å². The summed E-state index contributed by atoms with van der Waals surface area (Å²) in [4.78, 5) is 13.0. The standard InChI is InChI=1S/C6H5N3O2S/c7-9-8-5(6(10)11)4-1-2-12-3-4/h1-3,5H,(H,10,11)/t5-/m1/s1. The lowest BCUT2D eigenvalue weighted by molar-refractivity contribution is -0.138. The van der Waals surface area contributed by atoms with E-state index in [1.807, 2.05) is 0 Å². The van der Waals surface area contributed by atoms with Crippen molar-refractivity contribution in [3.05, 3.63) is 32.8 Å². The number of carboxylic acid groups (broad SMARTS) is 1. The SMILES string of the molecule is [N-]=[N+]=N[C@@H](C(=O)O)c1ccsc1. The number of aliphatic carboxylic acids is 1. The van der Waals surface area contributed by atoms with E-state index < -0.39 is 12.0 Å². The first-order valence-electron chi connectivity index (χ1n) is 3.05. The van der Waals surface area contributed by atoms with Crippen LogP contribution in [0.25, 0.3) is 10.4 Å². The Morgan fingerprint density at radius 2 is 2.58 bits per heavy atom. The molecule has 0 bridgehead atoms. The van der Waals surface area contributed by atoms with Gasteiger partial charge in [-0.3, -0.25) is 4.79 Å². The average Bonchev–Trinajstić information content (AvgIpc) is 2.51. The molecule has 0 unspecified atom stereocenters. The minimum atomic E-state index is -1.13. The lowest BCUT2D eigenvalue weighted by Gasteiger charge is -2.00. The summed E-state index contributed by atoms with van der Waals surface area (Å²) in [5, 5.41) is 15.2. The van der Waals surface area contributed by atoms with Gasteiger partial charge < -0.3 is 5.11 Å². The zero-order chi connectivity index (χ0) is 8.97. The zero-order valence-electron chi connectivity index (χ0n) is 5.91. The monoisotopic (exact) mass is 183 g/mol. The van der Waals surface area contributed by atoms with E-state index in [0.29, 0.717) is 5.56 Å². The highest BCUT2D eigenvalue weighted by Crippen LogP contribution is 2.20. The van der Waals surface area contributed by atoms with Crippen LogP contribution >= 0.6 is 11.3 Å². The second-order valence-corrected chi connectivity index (χ2v) is 2.78. The summed E-state index contributed by atoms with van der Waals surface area (Å²) >= 11 is 1.36. The molecule has 12 heavy (non-hydrogen) atoms. The van der Waals surface area contributed by atoms with Crippen molar-refractivity contribution in [3.63, 3.8) is 0 Å². The highest BCUT2D eigenvalue weighted by Gasteiger charge is 2.17. The molecule has 1 rings (SSSR count). The molecule has 1 aromatic rings. The molecular formula is C6H5N3O2S. The molecule has 62 valence electrons. The van der Waals surface area contributed by atoms with Crippen LogP contribution in [0.3, 0.4) is 0 Å². The molecule has 0 aromatic carbocycles. The molecule has 0 aliphatic rings. The van der Waals surface area contributed by atoms with Crippen molar-refractivity contribution >= 4 is 17.3 Å². The molecule has 0 aliphatic heterocycles. The zero-order valence-corrected chi connectivity index (χ0v) is 6.73. The third kappa shape index (κ3) is 1.75. The molecule has 0 radical (unpaired) electrons. The molecule has 1 aromatic heterocycles. The maximum absolute atomic E-state index is 10.5. The molecule has 0 aliphatic carbocycles. The van der Waals surface area contributed by atoms with E-state index in [2.05, 4.69) is 10.0 Å². The molecule has 1 atom stereocenters. The summed E-state index contributed by atoms with van der Waals surface area (Å²) in [7, 11) is 0. The average molecular weight is 183 g/mol. The number of hydrogen-bond acceptors (Lipinski definition) is 3. The number of nitrogens with zero attached hydrogens (tertiary/aromatic N) is 3. The smallest absolute Gasteiger partial charge is 0.317 e. The van der Waals surface area contributed by atoms with E-state index in [-0.39, 0.29) is 0 Å². The first-order chi connectivity index (χ1) is 5.75. The minimum Gasteiger partial charge on any atom is -0.481 e. The first-order valence-corrected chi connectivity index (χ1v) is 3.99. The Balaban J connectivity index is 2.95. The van der Waals surface area contributed by atoms with E-state index in [1.165, 1.54) is 11.3 Å². The Morgan fingerprint density at radius 1 is 1.83 bits per heavy atom. The predicted octanol–water partition coefficient (Wildman–Crippen LogP) is 2.18. The molecule has 0 saturated carbocycles. The number of thiophene rings is 1. The number of hydrogen-bond donors (Lipinski definition) is 1. The van der Waals surface area contributed by atoms with Crippen LogP contribution in [0.15, 0.2) is 21.9 Å². The number of carboxylic acids is 1. The summed E-state index contributed by atoms with van der Waals surface area (Å²) < 4.78 is 0. The minimum absolute atomic E-state index is 0.519. The fourth-order valence-corrected chi connectivity index (χ4v) is 1.42. The van der Waals surface area contributed by atoms with Crippen LogP contribution in [0.4, 0.5) is 0 Å². The van der Waals surface area contributed by atoms with Crippen LogP contribution in [0, 0.1) is 0 Å². The summed E-state index contributed by atoms with van der Waals surface area (Å²) in [5.74, 6) is -1.13.